The molecule has 1 aliphatic rings. The highest BCUT2D eigenvalue weighted by atomic mass is 32.2. The minimum absolute atomic E-state index is 0.285. The lowest BCUT2D eigenvalue weighted by atomic mass is 10.1. The molecule has 0 unspecified atom stereocenters. The predicted octanol–water partition coefficient (Wildman–Crippen LogP) is 3.76. The number of sulfonamides is 1. The second kappa shape index (κ2) is 10.5. The lowest BCUT2D eigenvalue weighted by Gasteiger charge is -2.30. The maximum atomic E-state index is 13.2. The van der Waals surface area contributed by atoms with Crippen molar-refractivity contribution in [3.63, 3.8) is 0 Å². The van der Waals surface area contributed by atoms with Crippen LogP contribution in [0, 0.1) is 13.8 Å². The number of carbonyl (C=O) groups excluding carboxylic acids is 1. The number of carbonyl (C=O) groups is 1. The number of nitrogens with zero attached hydrogens (tertiary/aromatic N) is 2. The molecule has 0 aromatic heterocycles. The molecular formula is C25H35N3O3S. The zero-order valence-corrected chi connectivity index (χ0v) is 20.4. The third kappa shape index (κ3) is 5.90. The van der Waals surface area contributed by atoms with Gasteiger partial charge in [-0.1, -0.05) is 37.3 Å². The number of amides is 1. The Morgan fingerprint density at radius 2 is 1.72 bits per heavy atom. The first-order valence-electron chi connectivity index (χ1n) is 11.3. The zero-order chi connectivity index (χ0) is 23.3. The smallest absolute Gasteiger partial charge is 0.244 e. The fourth-order valence-corrected chi connectivity index (χ4v) is 5.49. The van der Waals surface area contributed by atoms with Gasteiger partial charge in [0.2, 0.25) is 15.9 Å². The number of aryl methyl sites for hydroxylation is 2. The highest BCUT2D eigenvalue weighted by molar-refractivity contribution is 7.92. The molecule has 6 nitrogen and oxygen atoms in total. The van der Waals surface area contributed by atoms with E-state index in [2.05, 4.69) is 16.3 Å². The Balaban J connectivity index is 1.78. The van der Waals surface area contributed by atoms with Crippen molar-refractivity contribution in [2.45, 2.75) is 59.2 Å². The first-order chi connectivity index (χ1) is 15.2. The van der Waals surface area contributed by atoms with E-state index in [1.807, 2.05) is 51.1 Å². The predicted molar refractivity (Wildman–Crippen MR) is 130 cm³/mol. The molecule has 0 aliphatic carbocycles. The van der Waals surface area contributed by atoms with E-state index in [1.54, 1.807) is 6.07 Å². The van der Waals surface area contributed by atoms with E-state index in [4.69, 9.17) is 0 Å². The van der Waals surface area contributed by atoms with Crippen LogP contribution in [0.15, 0.2) is 42.5 Å². The van der Waals surface area contributed by atoms with E-state index >= 15 is 0 Å². The van der Waals surface area contributed by atoms with Gasteiger partial charge in [0.15, 0.2) is 0 Å². The minimum atomic E-state index is -3.64. The number of likely N-dealkylation sites (tertiary alicyclic amines) is 1. The fourth-order valence-electron chi connectivity index (χ4n) is 4.29. The topological polar surface area (TPSA) is 69.7 Å². The summed E-state index contributed by atoms with van der Waals surface area (Å²) in [4.78, 5) is 15.6. The summed E-state index contributed by atoms with van der Waals surface area (Å²) < 4.78 is 26.6. The Kier molecular flexibility index (Phi) is 7.96. The summed E-state index contributed by atoms with van der Waals surface area (Å²) in [5.41, 5.74) is 4.86. The van der Waals surface area contributed by atoms with Crippen molar-refractivity contribution in [3.05, 3.63) is 64.7 Å². The highest BCUT2D eigenvalue weighted by Crippen LogP contribution is 2.25. The highest BCUT2D eigenvalue weighted by Gasteiger charge is 2.31. The average Bonchev–Trinajstić information content (AvgIpc) is 3.25. The van der Waals surface area contributed by atoms with Crippen LogP contribution in [0.5, 0.6) is 0 Å². The summed E-state index contributed by atoms with van der Waals surface area (Å²) in [7, 11) is -3.64. The summed E-state index contributed by atoms with van der Waals surface area (Å²) in [5, 5.41) is 3.00. The molecule has 1 amide bonds. The Labute approximate surface area is 192 Å². The molecule has 174 valence electrons. The molecule has 1 fully saturated rings. The van der Waals surface area contributed by atoms with Crippen LogP contribution in [-0.4, -0.2) is 44.6 Å². The lowest BCUT2D eigenvalue weighted by Crippen LogP contribution is -2.49. The van der Waals surface area contributed by atoms with E-state index in [0.717, 1.165) is 42.6 Å². The number of anilines is 1. The van der Waals surface area contributed by atoms with Crippen LogP contribution in [0.25, 0.3) is 0 Å². The molecule has 3 rings (SSSR count). The van der Waals surface area contributed by atoms with Gasteiger partial charge in [-0.05, 0) is 80.6 Å². The second-order valence-electron chi connectivity index (χ2n) is 8.72. The summed E-state index contributed by atoms with van der Waals surface area (Å²) >= 11 is 0. The summed E-state index contributed by atoms with van der Waals surface area (Å²) in [6.45, 7) is 9.23. The molecule has 32 heavy (non-hydrogen) atoms. The maximum absolute atomic E-state index is 13.2. The van der Waals surface area contributed by atoms with Gasteiger partial charge in [0.25, 0.3) is 0 Å². The molecule has 0 bridgehead atoms. The Morgan fingerprint density at radius 1 is 1.06 bits per heavy atom. The maximum Gasteiger partial charge on any atom is 0.244 e. The van der Waals surface area contributed by atoms with Crippen LogP contribution in [0.1, 0.15) is 48.4 Å². The van der Waals surface area contributed by atoms with Gasteiger partial charge in [-0.2, -0.15) is 0 Å². The Hall–Kier alpha value is -2.38. The molecule has 0 saturated carbocycles. The van der Waals surface area contributed by atoms with Crippen molar-refractivity contribution >= 4 is 21.6 Å². The lowest BCUT2D eigenvalue weighted by molar-refractivity contribution is -0.122. The Bertz CT molecular complexity index is 1050. The zero-order valence-electron chi connectivity index (χ0n) is 19.6. The van der Waals surface area contributed by atoms with Crippen molar-refractivity contribution in [1.29, 1.82) is 0 Å². The molecular weight excluding hydrogens is 422 g/mol. The van der Waals surface area contributed by atoms with Gasteiger partial charge in [0.05, 0.1) is 11.9 Å². The molecule has 7 heteroatoms. The minimum Gasteiger partial charge on any atom is -0.350 e. The largest absolute Gasteiger partial charge is 0.350 e. The van der Waals surface area contributed by atoms with E-state index in [0.29, 0.717) is 18.7 Å². The monoisotopic (exact) mass is 457 g/mol. The first kappa shape index (κ1) is 24.3. The summed E-state index contributed by atoms with van der Waals surface area (Å²) in [5.74, 6) is -0.285. The molecule has 1 atom stereocenters. The van der Waals surface area contributed by atoms with Crippen LogP contribution in [0.3, 0.4) is 0 Å². The first-order valence-corrected chi connectivity index (χ1v) is 13.2. The van der Waals surface area contributed by atoms with Crippen LogP contribution in [0.4, 0.5) is 5.69 Å². The van der Waals surface area contributed by atoms with Gasteiger partial charge in [-0.15, -0.1) is 0 Å². The van der Waals surface area contributed by atoms with Crippen molar-refractivity contribution in [2.75, 3.05) is 23.7 Å². The SMILES string of the molecule is CC[C@@H](C(=O)NCc1ccccc1CN1CCCC1)N(c1ccc(C)c(C)c1)S(C)(=O)=O. The van der Waals surface area contributed by atoms with Crippen LogP contribution < -0.4 is 9.62 Å². The molecule has 0 radical (unpaired) electrons. The van der Waals surface area contributed by atoms with Crippen molar-refractivity contribution < 1.29 is 13.2 Å². The van der Waals surface area contributed by atoms with Gasteiger partial charge < -0.3 is 5.32 Å². The Morgan fingerprint density at radius 3 is 2.31 bits per heavy atom. The van der Waals surface area contributed by atoms with E-state index < -0.39 is 16.1 Å². The number of benzene rings is 2. The van der Waals surface area contributed by atoms with Gasteiger partial charge in [-0.25, -0.2) is 8.42 Å². The fraction of sp³-hybridized carbons (Fsp3) is 0.480. The van der Waals surface area contributed by atoms with E-state index in [1.165, 1.54) is 22.7 Å². The molecule has 2 aromatic carbocycles. The third-order valence-corrected chi connectivity index (χ3v) is 7.42. The number of rotatable bonds is 9. The molecule has 1 aliphatic heterocycles. The molecule has 1 heterocycles. The standard InChI is InChI=1S/C25H35N3O3S/c1-5-24(28(32(4,30)31)23-13-12-19(2)20(3)16-23)25(29)26-17-21-10-6-7-11-22(21)18-27-14-8-9-15-27/h6-7,10-13,16,24H,5,8-9,14-15,17-18H2,1-4H3,(H,26,29)/t24-/m0/s1. The summed E-state index contributed by atoms with van der Waals surface area (Å²) in [6.07, 6.45) is 4.00. The second-order valence-corrected chi connectivity index (χ2v) is 10.6. The quantitative estimate of drug-likeness (QED) is 0.623. The van der Waals surface area contributed by atoms with Crippen LogP contribution in [-0.2, 0) is 27.9 Å². The van der Waals surface area contributed by atoms with Crippen molar-refractivity contribution in [3.8, 4) is 0 Å². The number of nitrogens with one attached hydrogen (secondary N) is 1. The van der Waals surface area contributed by atoms with Gasteiger partial charge in [0, 0.05) is 13.1 Å². The van der Waals surface area contributed by atoms with Gasteiger partial charge in [-0.3, -0.25) is 14.0 Å². The van der Waals surface area contributed by atoms with E-state index in [9.17, 15) is 13.2 Å². The molecule has 2 aromatic rings. The van der Waals surface area contributed by atoms with Crippen LogP contribution >= 0.6 is 0 Å². The van der Waals surface area contributed by atoms with Crippen molar-refractivity contribution in [2.24, 2.45) is 0 Å². The van der Waals surface area contributed by atoms with E-state index in [-0.39, 0.29) is 5.91 Å². The van der Waals surface area contributed by atoms with Crippen molar-refractivity contribution in [1.82, 2.24) is 10.2 Å². The average molecular weight is 458 g/mol. The van der Waals surface area contributed by atoms with Gasteiger partial charge >= 0.3 is 0 Å². The molecule has 0 spiro atoms. The number of hydrogen-bond acceptors (Lipinski definition) is 4. The third-order valence-electron chi connectivity index (χ3n) is 6.24. The van der Waals surface area contributed by atoms with Crippen LogP contribution in [0.2, 0.25) is 0 Å². The molecule has 1 saturated heterocycles. The summed E-state index contributed by atoms with van der Waals surface area (Å²) in [6, 6.07) is 12.8. The number of hydrogen-bond donors (Lipinski definition) is 1. The molecule has 1 N–H and O–H groups in total. The normalized spacial score (nSPS) is 15.5. The van der Waals surface area contributed by atoms with Gasteiger partial charge in [0.1, 0.15) is 6.04 Å².